The molecule has 0 bridgehead atoms. The largest absolute Gasteiger partial charge is 0.480 e. The normalized spacial score (nSPS) is 23.3. The number of nitrogens with zero attached hydrogens (tertiary/aromatic N) is 1. The van der Waals surface area contributed by atoms with E-state index in [4.69, 9.17) is 0 Å². The van der Waals surface area contributed by atoms with Crippen molar-refractivity contribution in [2.75, 3.05) is 6.54 Å². The number of likely N-dealkylation sites (tertiary alicyclic amines) is 1. The van der Waals surface area contributed by atoms with E-state index in [1.165, 1.54) is 6.42 Å². The van der Waals surface area contributed by atoms with Crippen LogP contribution in [-0.4, -0.2) is 34.1 Å². The fourth-order valence-electron chi connectivity index (χ4n) is 3.07. The first-order valence-corrected chi connectivity index (χ1v) is 6.62. The second-order valence-corrected chi connectivity index (χ2v) is 4.80. The van der Waals surface area contributed by atoms with Crippen LogP contribution in [0.15, 0.2) is 0 Å². The average Bonchev–Trinajstić information content (AvgIpc) is 2.31. The first-order valence-electron chi connectivity index (χ1n) is 6.62. The maximum absolute atomic E-state index is 11.6. The van der Waals surface area contributed by atoms with Gasteiger partial charge in [-0.3, -0.25) is 9.69 Å². The summed E-state index contributed by atoms with van der Waals surface area (Å²) in [6.45, 7) is 7.12. The van der Waals surface area contributed by atoms with Crippen LogP contribution >= 0.6 is 0 Å². The summed E-state index contributed by atoms with van der Waals surface area (Å²) in [7, 11) is 0. The predicted octanol–water partition coefficient (Wildman–Crippen LogP) is 2.89. The lowest BCUT2D eigenvalue weighted by Crippen LogP contribution is -2.59. The van der Waals surface area contributed by atoms with Crippen LogP contribution in [0, 0.1) is 0 Å². The highest BCUT2D eigenvalue weighted by Crippen LogP contribution is 2.32. The smallest absolute Gasteiger partial charge is 0.324 e. The highest BCUT2D eigenvalue weighted by atomic mass is 16.4. The van der Waals surface area contributed by atoms with Gasteiger partial charge in [0.2, 0.25) is 0 Å². The van der Waals surface area contributed by atoms with E-state index in [2.05, 4.69) is 11.8 Å². The summed E-state index contributed by atoms with van der Waals surface area (Å²) in [4.78, 5) is 13.9. The lowest BCUT2D eigenvalue weighted by atomic mass is 9.85. The summed E-state index contributed by atoms with van der Waals surface area (Å²) >= 11 is 0. The molecule has 0 saturated carbocycles. The summed E-state index contributed by atoms with van der Waals surface area (Å²) in [5.41, 5.74) is -0.624. The Morgan fingerprint density at radius 3 is 2.38 bits per heavy atom. The molecule has 0 aromatic rings. The highest BCUT2D eigenvalue weighted by Gasteiger charge is 2.44. The summed E-state index contributed by atoms with van der Waals surface area (Å²) in [5, 5.41) is 9.55. The molecule has 0 radical (unpaired) electrons. The van der Waals surface area contributed by atoms with E-state index in [0.29, 0.717) is 18.9 Å². The number of aliphatic carboxylic acids is 1. The standard InChI is InChI=1S/C13H25NO2/c1-4-11-9-7-8-10-14(11)13(5-2,6-3)12(15)16/h11H,4-10H2,1-3H3,(H,15,16). The molecule has 1 N–H and O–H groups in total. The van der Waals surface area contributed by atoms with E-state index in [0.717, 1.165) is 25.8 Å². The molecule has 0 aromatic carbocycles. The molecule has 1 aliphatic rings. The van der Waals surface area contributed by atoms with Crippen LogP contribution in [0.1, 0.15) is 59.3 Å². The molecule has 0 amide bonds. The van der Waals surface area contributed by atoms with Crippen LogP contribution in [0.5, 0.6) is 0 Å². The summed E-state index contributed by atoms with van der Waals surface area (Å²) in [6.07, 6.45) is 6.02. The minimum absolute atomic E-state index is 0.463. The van der Waals surface area contributed by atoms with Gasteiger partial charge < -0.3 is 5.11 Å². The van der Waals surface area contributed by atoms with Crippen molar-refractivity contribution in [3.8, 4) is 0 Å². The first-order chi connectivity index (χ1) is 7.62. The maximum atomic E-state index is 11.6. The topological polar surface area (TPSA) is 40.5 Å². The fraction of sp³-hybridized carbons (Fsp3) is 0.923. The third-order valence-corrected chi connectivity index (χ3v) is 4.22. The average molecular weight is 227 g/mol. The van der Waals surface area contributed by atoms with Gasteiger partial charge >= 0.3 is 5.97 Å². The summed E-state index contributed by atoms with van der Waals surface area (Å²) in [5.74, 6) is -0.641. The summed E-state index contributed by atoms with van der Waals surface area (Å²) in [6, 6.07) is 0.463. The minimum Gasteiger partial charge on any atom is -0.480 e. The SMILES string of the molecule is CCC1CCCCN1C(CC)(CC)C(=O)O. The van der Waals surface area contributed by atoms with Crippen molar-refractivity contribution in [2.24, 2.45) is 0 Å². The molecule has 94 valence electrons. The van der Waals surface area contributed by atoms with Crippen LogP contribution in [0.25, 0.3) is 0 Å². The monoisotopic (exact) mass is 227 g/mol. The Balaban J connectivity index is 2.95. The van der Waals surface area contributed by atoms with Crippen molar-refractivity contribution in [3.63, 3.8) is 0 Å². The van der Waals surface area contributed by atoms with Gasteiger partial charge in [-0.2, -0.15) is 0 Å². The zero-order valence-electron chi connectivity index (χ0n) is 10.8. The molecule has 3 heteroatoms. The molecule has 1 aliphatic heterocycles. The van der Waals surface area contributed by atoms with Gasteiger partial charge in [0.1, 0.15) is 5.54 Å². The summed E-state index contributed by atoms with van der Waals surface area (Å²) < 4.78 is 0. The Kier molecular flexibility index (Phi) is 4.78. The molecule has 1 heterocycles. The molecule has 16 heavy (non-hydrogen) atoms. The van der Waals surface area contributed by atoms with Crippen molar-refractivity contribution in [1.82, 2.24) is 4.90 Å². The van der Waals surface area contributed by atoms with Crippen LogP contribution in [0.4, 0.5) is 0 Å². The van der Waals surface area contributed by atoms with Gasteiger partial charge in [-0.1, -0.05) is 27.2 Å². The van der Waals surface area contributed by atoms with E-state index in [9.17, 15) is 9.90 Å². The van der Waals surface area contributed by atoms with Crippen LogP contribution in [0.3, 0.4) is 0 Å². The van der Waals surface area contributed by atoms with Crippen LogP contribution < -0.4 is 0 Å². The molecular weight excluding hydrogens is 202 g/mol. The molecule has 0 aliphatic carbocycles. The van der Waals surface area contributed by atoms with Crippen LogP contribution in [-0.2, 0) is 4.79 Å². The second kappa shape index (κ2) is 5.67. The van der Waals surface area contributed by atoms with Gasteiger partial charge in [-0.15, -0.1) is 0 Å². The molecule has 1 atom stereocenters. The number of hydrogen-bond donors (Lipinski definition) is 1. The first kappa shape index (κ1) is 13.5. The predicted molar refractivity (Wildman–Crippen MR) is 65.6 cm³/mol. The number of rotatable bonds is 5. The van der Waals surface area contributed by atoms with E-state index in [1.807, 2.05) is 13.8 Å². The number of carboxylic acid groups (broad SMARTS) is 1. The molecule has 0 spiro atoms. The molecule has 1 fully saturated rings. The molecule has 0 aromatic heterocycles. The van der Waals surface area contributed by atoms with Crippen molar-refractivity contribution in [1.29, 1.82) is 0 Å². The van der Waals surface area contributed by atoms with Crippen LogP contribution in [0.2, 0.25) is 0 Å². The quantitative estimate of drug-likeness (QED) is 0.785. The zero-order chi connectivity index (χ0) is 12.2. The Bertz CT molecular complexity index is 236. The lowest BCUT2D eigenvalue weighted by molar-refractivity contribution is -0.156. The lowest BCUT2D eigenvalue weighted by Gasteiger charge is -2.46. The van der Waals surface area contributed by atoms with E-state index < -0.39 is 11.5 Å². The van der Waals surface area contributed by atoms with E-state index >= 15 is 0 Å². The highest BCUT2D eigenvalue weighted by molar-refractivity contribution is 5.78. The Morgan fingerprint density at radius 2 is 1.94 bits per heavy atom. The second-order valence-electron chi connectivity index (χ2n) is 4.80. The number of carboxylic acids is 1. The molecular formula is C13H25NO2. The van der Waals surface area contributed by atoms with Crippen molar-refractivity contribution >= 4 is 5.97 Å². The maximum Gasteiger partial charge on any atom is 0.324 e. The molecule has 1 saturated heterocycles. The molecule has 1 unspecified atom stereocenters. The third-order valence-electron chi connectivity index (χ3n) is 4.22. The van der Waals surface area contributed by atoms with Gasteiger partial charge in [0.15, 0.2) is 0 Å². The van der Waals surface area contributed by atoms with Gasteiger partial charge in [0.05, 0.1) is 0 Å². The van der Waals surface area contributed by atoms with Gasteiger partial charge in [0.25, 0.3) is 0 Å². The Morgan fingerprint density at radius 1 is 1.31 bits per heavy atom. The van der Waals surface area contributed by atoms with Gasteiger partial charge in [-0.25, -0.2) is 0 Å². The zero-order valence-corrected chi connectivity index (χ0v) is 10.8. The van der Waals surface area contributed by atoms with Gasteiger partial charge in [0, 0.05) is 6.04 Å². The fourth-order valence-corrected chi connectivity index (χ4v) is 3.07. The number of carbonyl (C=O) groups is 1. The Hall–Kier alpha value is -0.570. The van der Waals surface area contributed by atoms with E-state index in [-0.39, 0.29) is 0 Å². The number of piperidine rings is 1. The minimum atomic E-state index is -0.641. The Labute approximate surface area is 98.8 Å². The van der Waals surface area contributed by atoms with Crippen molar-refractivity contribution in [2.45, 2.75) is 70.9 Å². The third kappa shape index (κ3) is 2.24. The van der Waals surface area contributed by atoms with Crippen molar-refractivity contribution < 1.29 is 9.90 Å². The van der Waals surface area contributed by atoms with E-state index in [1.54, 1.807) is 0 Å². The van der Waals surface area contributed by atoms with Gasteiger partial charge in [-0.05, 0) is 38.6 Å². The van der Waals surface area contributed by atoms with Crippen molar-refractivity contribution in [3.05, 3.63) is 0 Å². The number of hydrogen-bond acceptors (Lipinski definition) is 2. The molecule has 1 rings (SSSR count). The molecule has 3 nitrogen and oxygen atoms in total.